The first-order valence-electron chi connectivity index (χ1n) is 5.49. The Morgan fingerprint density at radius 1 is 1.12 bits per heavy atom. The molecule has 98 valence electrons. The molecule has 0 unspecified atom stereocenters. The Hall–Kier alpha value is -1.63. The summed E-state index contributed by atoms with van der Waals surface area (Å²) in [4.78, 5) is 34.3. The number of nitrogens with two attached hydrogens (primary N) is 3. The van der Waals surface area contributed by atoms with Crippen molar-refractivity contribution in [3.63, 3.8) is 0 Å². The van der Waals surface area contributed by atoms with Crippen molar-refractivity contribution in [1.29, 1.82) is 0 Å². The van der Waals surface area contributed by atoms with Gasteiger partial charge >= 0.3 is 0 Å². The Labute approximate surface area is 100 Å². The van der Waals surface area contributed by atoms with Gasteiger partial charge in [0.25, 0.3) is 0 Å². The average Bonchev–Trinajstić information content (AvgIpc) is 2.22. The van der Waals surface area contributed by atoms with Crippen LogP contribution in [0.3, 0.4) is 0 Å². The van der Waals surface area contributed by atoms with Gasteiger partial charge in [0.05, 0.1) is 19.1 Å². The standard InChI is InChI=1S/C10H20N4O3/c1-2-3-4-7(11)10(17)14(5-8(12)15)6-9(13)16/h7H,2-6,11H2,1H3,(H2,12,15)(H2,13,16)/t7-/m0/s1. The van der Waals surface area contributed by atoms with E-state index < -0.39 is 23.8 Å². The van der Waals surface area contributed by atoms with Crippen LogP contribution in [0.1, 0.15) is 26.2 Å². The lowest BCUT2D eigenvalue weighted by molar-refractivity contribution is -0.139. The second kappa shape index (κ2) is 7.61. The monoisotopic (exact) mass is 244 g/mol. The maximum absolute atomic E-state index is 11.8. The summed E-state index contributed by atoms with van der Waals surface area (Å²) in [5.74, 6) is -1.89. The van der Waals surface area contributed by atoms with E-state index >= 15 is 0 Å². The normalized spacial score (nSPS) is 11.9. The molecule has 0 fully saturated rings. The molecule has 17 heavy (non-hydrogen) atoms. The zero-order valence-corrected chi connectivity index (χ0v) is 10.0. The molecule has 1 atom stereocenters. The van der Waals surface area contributed by atoms with Gasteiger partial charge < -0.3 is 22.1 Å². The van der Waals surface area contributed by atoms with Crippen LogP contribution in [0.4, 0.5) is 0 Å². The molecule has 0 saturated carbocycles. The van der Waals surface area contributed by atoms with Crippen LogP contribution in [0.5, 0.6) is 0 Å². The molecule has 0 aromatic rings. The Kier molecular flexibility index (Phi) is 6.88. The Balaban J connectivity index is 4.49. The molecular weight excluding hydrogens is 224 g/mol. The van der Waals surface area contributed by atoms with E-state index in [2.05, 4.69) is 0 Å². The molecule has 0 saturated heterocycles. The molecular formula is C10H20N4O3. The smallest absolute Gasteiger partial charge is 0.240 e. The molecule has 0 radical (unpaired) electrons. The lowest BCUT2D eigenvalue weighted by atomic mass is 10.1. The van der Waals surface area contributed by atoms with Crippen molar-refractivity contribution in [2.45, 2.75) is 32.2 Å². The molecule has 0 aliphatic carbocycles. The Morgan fingerprint density at radius 2 is 1.59 bits per heavy atom. The fourth-order valence-corrected chi connectivity index (χ4v) is 1.37. The van der Waals surface area contributed by atoms with Gasteiger partial charge in [-0.1, -0.05) is 19.8 Å². The molecule has 0 heterocycles. The van der Waals surface area contributed by atoms with E-state index in [0.29, 0.717) is 6.42 Å². The lowest BCUT2D eigenvalue weighted by Crippen LogP contribution is -2.49. The van der Waals surface area contributed by atoms with Gasteiger partial charge in [-0.05, 0) is 6.42 Å². The maximum Gasteiger partial charge on any atom is 0.240 e. The van der Waals surface area contributed by atoms with Crippen molar-refractivity contribution in [3.05, 3.63) is 0 Å². The number of rotatable bonds is 8. The fraction of sp³-hybridized carbons (Fsp3) is 0.700. The summed E-state index contributed by atoms with van der Waals surface area (Å²) in [5, 5.41) is 0. The van der Waals surface area contributed by atoms with Gasteiger partial charge in [0.2, 0.25) is 17.7 Å². The summed E-state index contributed by atoms with van der Waals surface area (Å²) < 4.78 is 0. The van der Waals surface area contributed by atoms with E-state index in [1.165, 1.54) is 0 Å². The second-order valence-electron chi connectivity index (χ2n) is 3.88. The predicted molar refractivity (Wildman–Crippen MR) is 62.5 cm³/mol. The molecule has 3 amide bonds. The van der Waals surface area contributed by atoms with Gasteiger partial charge in [-0.25, -0.2) is 0 Å². The number of amides is 3. The largest absolute Gasteiger partial charge is 0.368 e. The highest BCUT2D eigenvalue weighted by atomic mass is 16.2. The van der Waals surface area contributed by atoms with Crippen molar-refractivity contribution >= 4 is 17.7 Å². The van der Waals surface area contributed by atoms with E-state index in [1.807, 2.05) is 6.92 Å². The van der Waals surface area contributed by atoms with Gasteiger partial charge in [-0.15, -0.1) is 0 Å². The summed E-state index contributed by atoms with van der Waals surface area (Å²) in [7, 11) is 0. The van der Waals surface area contributed by atoms with Gasteiger partial charge in [-0.2, -0.15) is 0 Å². The van der Waals surface area contributed by atoms with Gasteiger partial charge in [0.15, 0.2) is 0 Å². The molecule has 0 bridgehead atoms. The zero-order valence-electron chi connectivity index (χ0n) is 10.0. The van der Waals surface area contributed by atoms with Crippen molar-refractivity contribution < 1.29 is 14.4 Å². The number of nitrogens with zero attached hydrogens (tertiary/aromatic N) is 1. The van der Waals surface area contributed by atoms with Gasteiger partial charge in [-0.3, -0.25) is 14.4 Å². The lowest BCUT2D eigenvalue weighted by Gasteiger charge is -2.23. The number of hydrogen-bond donors (Lipinski definition) is 3. The third-order valence-electron chi connectivity index (χ3n) is 2.19. The number of hydrogen-bond acceptors (Lipinski definition) is 4. The number of unbranched alkanes of at least 4 members (excludes halogenated alkanes) is 1. The van der Waals surface area contributed by atoms with Crippen molar-refractivity contribution in [2.24, 2.45) is 17.2 Å². The first-order valence-corrected chi connectivity index (χ1v) is 5.49. The minimum absolute atomic E-state index is 0.346. The number of carbonyl (C=O) groups excluding carboxylic acids is 3. The molecule has 0 rings (SSSR count). The quantitative estimate of drug-likeness (QED) is 0.469. The van der Waals surface area contributed by atoms with Crippen LogP contribution in [0.15, 0.2) is 0 Å². The van der Waals surface area contributed by atoms with E-state index in [9.17, 15) is 14.4 Å². The summed E-state index contributed by atoms with van der Waals surface area (Å²) in [5.41, 5.74) is 15.6. The van der Waals surface area contributed by atoms with Crippen molar-refractivity contribution in [3.8, 4) is 0 Å². The number of carbonyl (C=O) groups is 3. The summed E-state index contributed by atoms with van der Waals surface area (Å²) >= 11 is 0. The minimum Gasteiger partial charge on any atom is -0.368 e. The summed E-state index contributed by atoms with van der Waals surface area (Å²) in [6.07, 6.45) is 2.21. The predicted octanol–water partition coefficient (Wildman–Crippen LogP) is -1.70. The van der Waals surface area contributed by atoms with E-state index in [4.69, 9.17) is 17.2 Å². The first-order chi connectivity index (χ1) is 7.88. The zero-order chi connectivity index (χ0) is 13.4. The number of primary amides is 2. The van der Waals surface area contributed by atoms with Gasteiger partial charge in [0.1, 0.15) is 0 Å². The summed E-state index contributed by atoms with van der Waals surface area (Å²) in [6, 6.07) is -0.728. The molecule has 0 aromatic carbocycles. The van der Waals surface area contributed by atoms with Gasteiger partial charge in [0, 0.05) is 0 Å². The van der Waals surface area contributed by atoms with Crippen LogP contribution in [0.2, 0.25) is 0 Å². The van der Waals surface area contributed by atoms with Crippen LogP contribution < -0.4 is 17.2 Å². The molecule has 6 N–H and O–H groups in total. The Bertz CT molecular complexity index is 277. The van der Waals surface area contributed by atoms with Crippen LogP contribution in [0, 0.1) is 0 Å². The third kappa shape index (κ3) is 6.52. The molecule has 0 aliphatic heterocycles. The molecule has 7 heteroatoms. The molecule has 7 nitrogen and oxygen atoms in total. The highest BCUT2D eigenvalue weighted by molar-refractivity contribution is 5.90. The highest BCUT2D eigenvalue weighted by Gasteiger charge is 2.23. The highest BCUT2D eigenvalue weighted by Crippen LogP contribution is 2.02. The topological polar surface area (TPSA) is 133 Å². The van der Waals surface area contributed by atoms with Crippen molar-refractivity contribution in [1.82, 2.24) is 4.90 Å². The molecule has 0 spiro atoms. The maximum atomic E-state index is 11.8. The fourth-order valence-electron chi connectivity index (χ4n) is 1.37. The van der Waals surface area contributed by atoms with E-state index in [-0.39, 0.29) is 13.1 Å². The van der Waals surface area contributed by atoms with Crippen LogP contribution in [-0.2, 0) is 14.4 Å². The van der Waals surface area contributed by atoms with E-state index in [1.54, 1.807) is 0 Å². The second-order valence-corrected chi connectivity index (χ2v) is 3.88. The Morgan fingerprint density at radius 3 is 1.94 bits per heavy atom. The van der Waals surface area contributed by atoms with E-state index in [0.717, 1.165) is 17.7 Å². The first kappa shape index (κ1) is 15.4. The van der Waals surface area contributed by atoms with Crippen LogP contribution >= 0.6 is 0 Å². The minimum atomic E-state index is -0.728. The molecule has 0 aromatic heterocycles. The van der Waals surface area contributed by atoms with Crippen LogP contribution in [-0.4, -0.2) is 41.8 Å². The van der Waals surface area contributed by atoms with Crippen molar-refractivity contribution in [2.75, 3.05) is 13.1 Å². The SMILES string of the molecule is CCCC[C@H](N)C(=O)N(CC(N)=O)CC(N)=O. The summed E-state index contributed by atoms with van der Waals surface area (Å²) in [6.45, 7) is 1.28. The van der Waals surface area contributed by atoms with Crippen LogP contribution in [0.25, 0.3) is 0 Å². The average molecular weight is 244 g/mol. The molecule has 0 aliphatic rings. The third-order valence-corrected chi connectivity index (χ3v) is 2.19.